The van der Waals surface area contributed by atoms with Crippen molar-refractivity contribution in [3.63, 3.8) is 0 Å². The largest absolute Gasteiger partial charge is 0.378 e. The summed E-state index contributed by atoms with van der Waals surface area (Å²) < 4.78 is 7.19. The average Bonchev–Trinajstić information content (AvgIpc) is 2.97. The Morgan fingerprint density at radius 2 is 1.95 bits per heavy atom. The predicted molar refractivity (Wildman–Crippen MR) is 88.5 cm³/mol. The molecule has 1 N–H and O–H groups in total. The van der Waals surface area contributed by atoms with Crippen LogP contribution in [0.3, 0.4) is 0 Å². The van der Waals surface area contributed by atoms with Crippen molar-refractivity contribution in [3.05, 3.63) is 63.6 Å². The molecule has 2 heterocycles. The van der Waals surface area contributed by atoms with E-state index in [1.165, 1.54) is 22.4 Å². The Bertz CT molecular complexity index is 667. The Hall–Kier alpha value is -1.32. The second-order valence-electron chi connectivity index (χ2n) is 6.01. The van der Waals surface area contributed by atoms with Gasteiger partial charge >= 0.3 is 0 Å². The molecule has 1 saturated heterocycles. The highest BCUT2D eigenvalue weighted by atomic mass is 79.9. The highest BCUT2D eigenvalue weighted by Crippen LogP contribution is 2.49. The molecule has 3 unspecified atom stereocenters. The third kappa shape index (κ3) is 2.29. The van der Waals surface area contributed by atoms with Gasteiger partial charge in [-0.05, 0) is 37.1 Å². The predicted octanol–water partition coefficient (Wildman–Crippen LogP) is 5.00. The van der Waals surface area contributed by atoms with Gasteiger partial charge in [0.15, 0.2) is 0 Å². The van der Waals surface area contributed by atoms with Crippen molar-refractivity contribution in [1.82, 2.24) is 0 Å². The molecule has 2 aliphatic heterocycles. The zero-order valence-corrected chi connectivity index (χ0v) is 13.6. The van der Waals surface area contributed by atoms with Gasteiger partial charge in [-0.3, -0.25) is 0 Å². The number of benzene rings is 2. The van der Waals surface area contributed by atoms with Crippen molar-refractivity contribution in [2.24, 2.45) is 5.92 Å². The number of nitrogens with one attached hydrogen (secondary N) is 1. The molecule has 2 nitrogen and oxygen atoms in total. The van der Waals surface area contributed by atoms with Crippen LogP contribution < -0.4 is 5.32 Å². The van der Waals surface area contributed by atoms with Crippen molar-refractivity contribution in [2.45, 2.75) is 25.5 Å². The standard InChI is InChI=1S/C18H18BrNO/c1-11-2-7-16-15(10-11)18-14(8-9-21-18)17(20-16)12-3-5-13(19)6-4-12/h2-7,10,14,17-18,20H,8-9H2,1H3. The first-order chi connectivity index (χ1) is 10.2. The van der Waals surface area contributed by atoms with Gasteiger partial charge in [0.2, 0.25) is 0 Å². The minimum absolute atomic E-state index is 0.231. The van der Waals surface area contributed by atoms with E-state index in [9.17, 15) is 0 Å². The minimum Gasteiger partial charge on any atom is -0.378 e. The lowest BCUT2D eigenvalue weighted by molar-refractivity contribution is 0.0829. The topological polar surface area (TPSA) is 21.3 Å². The summed E-state index contributed by atoms with van der Waals surface area (Å²) in [7, 11) is 0. The molecule has 2 aromatic rings. The van der Waals surface area contributed by atoms with E-state index in [1.54, 1.807) is 0 Å². The number of fused-ring (bicyclic) bond motifs is 3. The maximum Gasteiger partial charge on any atom is 0.0896 e. The fourth-order valence-corrected chi connectivity index (χ4v) is 3.86. The fraction of sp³-hybridized carbons (Fsp3) is 0.333. The summed E-state index contributed by atoms with van der Waals surface area (Å²) in [5.41, 5.74) is 5.18. The van der Waals surface area contributed by atoms with Crippen LogP contribution >= 0.6 is 15.9 Å². The molecule has 3 atom stereocenters. The van der Waals surface area contributed by atoms with Gasteiger partial charge in [0.05, 0.1) is 12.1 Å². The summed E-state index contributed by atoms with van der Waals surface area (Å²) in [4.78, 5) is 0. The minimum atomic E-state index is 0.231. The van der Waals surface area contributed by atoms with Crippen LogP contribution in [-0.4, -0.2) is 6.61 Å². The maximum absolute atomic E-state index is 6.06. The molecule has 21 heavy (non-hydrogen) atoms. The van der Waals surface area contributed by atoms with Crippen LogP contribution in [0.25, 0.3) is 0 Å². The molecule has 0 aromatic heterocycles. The van der Waals surface area contributed by atoms with E-state index < -0.39 is 0 Å². The second-order valence-corrected chi connectivity index (χ2v) is 6.92. The third-order valence-electron chi connectivity index (χ3n) is 4.62. The van der Waals surface area contributed by atoms with Crippen molar-refractivity contribution < 1.29 is 4.74 Å². The number of rotatable bonds is 1. The van der Waals surface area contributed by atoms with Crippen LogP contribution in [0, 0.1) is 12.8 Å². The van der Waals surface area contributed by atoms with Crippen molar-refractivity contribution >= 4 is 21.6 Å². The van der Waals surface area contributed by atoms with Crippen LogP contribution in [0.2, 0.25) is 0 Å². The Morgan fingerprint density at radius 3 is 2.76 bits per heavy atom. The van der Waals surface area contributed by atoms with Crippen molar-refractivity contribution in [2.75, 3.05) is 11.9 Å². The Morgan fingerprint density at radius 1 is 1.14 bits per heavy atom. The normalized spacial score (nSPS) is 26.9. The summed E-state index contributed by atoms with van der Waals surface area (Å²) in [6.07, 6.45) is 1.35. The lowest BCUT2D eigenvalue weighted by atomic mass is 9.81. The molecule has 0 bridgehead atoms. The van der Waals surface area contributed by atoms with Crippen LogP contribution in [0.15, 0.2) is 46.9 Å². The molecule has 2 aromatic carbocycles. The van der Waals surface area contributed by atoms with Gasteiger partial charge in [-0.1, -0.05) is 45.8 Å². The smallest absolute Gasteiger partial charge is 0.0896 e. The number of hydrogen-bond donors (Lipinski definition) is 1. The highest BCUT2D eigenvalue weighted by Gasteiger charge is 2.41. The van der Waals surface area contributed by atoms with Gasteiger partial charge in [0.25, 0.3) is 0 Å². The molecule has 0 saturated carbocycles. The van der Waals surface area contributed by atoms with Gasteiger partial charge in [-0.2, -0.15) is 0 Å². The van der Waals surface area contributed by atoms with E-state index in [2.05, 4.69) is 70.6 Å². The number of halogens is 1. The van der Waals surface area contributed by atoms with Gasteiger partial charge in [-0.15, -0.1) is 0 Å². The first-order valence-electron chi connectivity index (χ1n) is 7.46. The summed E-state index contributed by atoms with van der Waals surface area (Å²) >= 11 is 3.51. The SMILES string of the molecule is Cc1ccc2c(c1)C1OCCC1C(c1ccc(Br)cc1)N2. The summed E-state index contributed by atoms with van der Waals surface area (Å²) in [5, 5.41) is 3.74. The molecule has 4 rings (SSSR count). The molecule has 1 fully saturated rings. The molecule has 2 aliphatic rings. The molecule has 108 valence electrons. The quantitative estimate of drug-likeness (QED) is 0.786. The number of ether oxygens (including phenoxy) is 1. The summed E-state index contributed by atoms with van der Waals surface area (Å²) in [5.74, 6) is 0.514. The number of hydrogen-bond acceptors (Lipinski definition) is 2. The first-order valence-corrected chi connectivity index (χ1v) is 8.26. The lowest BCUT2D eigenvalue weighted by Gasteiger charge is -2.36. The second kappa shape index (κ2) is 5.15. The van der Waals surface area contributed by atoms with Crippen LogP contribution in [0.4, 0.5) is 5.69 Å². The molecular formula is C18H18BrNO. The van der Waals surface area contributed by atoms with Gasteiger partial charge in [-0.25, -0.2) is 0 Å². The average molecular weight is 344 g/mol. The van der Waals surface area contributed by atoms with E-state index in [4.69, 9.17) is 4.74 Å². The summed E-state index contributed by atoms with van der Waals surface area (Å²) in [6, 6.07) is 15.6. The van der Waals surface area contributed by atoms with Gasteiger partial charge in [0.1, 0.15) is 0 Å². The maximum atomic E-state index is 6.06. The Kier molecular flexibility index (Phi) is 3.27. The number of aryl methyl sites for hydroxylation is 1. The van der Waals surface area contributed by atoms with E-state index in [1.807, 2.05) is 0 Å². The van der Waals surface area contributed by atoms with Gasteiger partial charge < -0.3 is 10.1 Å². The van der Waals surface area contributed by atoms with E-state index in [0.29, 0.717) is 12.0 Å². The zero-order chi connectivity index (χ0) is 14.4. The number of anilines is 1. The molecule has 0 spiro atoms. The molecule has 3 heteroatoms. The Balaban J connectivity index is 1.77. The van der Waals surface area contributed by atoms with E-state index in [0.717, 1.165) is 17.5 Å². The van der Waals surface area contributed by atoms with E-state index >= 15 is 0 Å². The van der Waals surface area contributed by atoms with Crippen LogP contribution in [0.1, 0.15) is 35.3 Å². The first kappa shape index (κ1) is 13.4. The fourth-order valence-electron chi connectivity index (χ4n) is 3.59. The summed E-state index contributed by atoms with van der Waals surface area (Å²) in [6.45, 7) is 3.00. The van der Waals surface area contributed by atoms with Crippen molar-refractivity contribution in [1.29, 1.82) is 0 Å². The monoisotopic (exact) mass is 343 g/mol. The molecule has 0 radical (unpaired) electrons. The van der Waals surface area contributed by atoms with Gasteiger partial charge in [0, 0.05) is 28.2 Å². The molecule has 0 aliphatic carbocycles. The highest BCUT2D eigenvalue weighted by molar-refractivity contribution is 9.10. The van der Waals surface area contributed by atoms with E-state index in [-0.39, 0.29) is 6.10 Å². The van der Waals surface area contributed by atoms with Crippen LogP contribution in [0.5, 0.6) is 0 Å². The van der Waals surface area contributed by atoms with Crippen molar-refractivity contribution in [3.8, 4) is 0 Å². The third-order valence-corrected chi connectivity index (χ3v) is 5.15. The Labute approximate surface area is 133 Å². The molecule has 0 amide bonds. The van der Waals surface area contributed by atoms with Crippen LogP contribution in [-0.2, 0) is 4.74 Å². The molecular weight excluding hydrogens is 326 g/mol. The lowest BCUT2D eigenvalue weighted by Crippen LogP contribution is -2.29. The zero-order valence-electron chi connectivity index (χ0n) is 12.0.